The molecular weight excluding hydrogens is 326 g/mol. The van der Waals surface area contributed by atoms with E-state index in [1.54, 1.807) is 0 Å². The third kappa shape index (κ3) is 2.98. The second-order valence-corrected chi connectivity index (χ2v) is 9.43. The van der Waals surface area contributed by atoms with E-state index < -0.39 is 0 Å². The summed E-state index contributed by atoms with van der Waals surface area (Å²) in [6.45, 7) is 7.79. The average molecular weight is 360 g/mol. The summed E-state index contributed by atoms with van der Waals surface area (Å²) >= 11 is 0. The van der Waals surface area contributed by atoms with Gasteiger partial charge in [-0.2, -0.15) is 0 Å². The molecule has 26 heavy (non-hydrogen) atoms. The molecule has 4 aliphatic rings. The summed E-state index contributed by atoms with van der Waals surface area (Å²) in [5, 5.41) is 3.27. The molecule has 5 nitrogen and oxygen atoms in total. The van der Waals surface area contributed by atoms with Gasteiger partial charge >= 0.3 is 0 Å². The molecule has 2 saturated carbocycles. The van der Waals surface area contributed by atoms with E-state index in [0.29, 0.717) is 0 Å². The van der Waals surface area contributed by atoms with Crippen molar-refractivity contribution in [2.24, 2.45) is 40.7 Å². The van der Waals surface area contributed by atoms with Crippen molar-refractivity contribution in [1.82, 2.24) is 10.2 Å². The highest BCUT2D eigenvalue weighted by molar-refractivity contribution is 5.89. The van der Waals surface area contributed by atoms with Gasteiger partial charge in [0, 0.05) is 19.1 Å². The first-order valence-electron chi connectivity index (χ1n) is 10.4. The highest BCUT2D eigenvalue weighted by atomic mass is 16.2. The molecule has 3 N–H and O–H groups in total. The van der Waals surface area contributed by atoms with E-state index >= 15 is 0 Å². The van der Waals surface area contributed by atoms with Crippen molar-refractivity contribution in [3.63, 3.8) is 0 Å². The Morgan fingerprint density at radius 2 is 1.77 bits per heavy atom. The topological polar surface area (TPSA) is 75.4 Å². The molecule has 4 rings (SSSR count). The van der Waals surface area contributed by atoms with E-state index in [-0.39, 0.29) is 46.9 Å². The second-order valence-electron chi connectivity index (χ2n) is 9.43. The summed E-state index contributed by atoms with van der Waals surface area (Å²) in [7, 11) is 0. The maximum Gasteiger partial charge on any atom is 0.224 e. The van der Waals surface area contributed by atoms with E-state index in [9.17, 15) is 9.59 Å². The zero-order valence-corrected chi connectivity index (χ0v) is 16.1. The number of carbonyl (C=O) groups excluding carboxylic acids is 2. The smallest absolute Gasteiger partial charge is 0.224 e. The number of hydrogen-bond acceptors (Lipinski definition) is 3. The largest absolute Gasteiger partial charge is 0.369 e. The van der Waals surface area contributed by atoms with E-state index in [2.05, 4.69) is 36.2 Å². The fraction of sp³-hybridized carbons (Fsp3) is 0.810. The van der Waals surface area contributed by atoms with Crippen LogP contribution in [0.15, 0.2) is 12.2 Å². The van der Waals surface area contributed by atoms with Crippen LogP contribution < -0.4 is 11.1 Å². The zero-order valence-electron chi connectivity index (χ0n) is 16.1. The molecule has 1 aliphatic heterocycles. The number of amides is 2. The molecule has 2 amide bonds. The van der Waals surface area contributed by atoms with Crippen LogP contribution in [0, 0.1) is 35.0 Å². The Bertz CT molecular complexity index is 602. The van der Waals surface area contributed by atoms with Gasteiger partial charge < -0.3 is 16.0 Å². The number of primary amides is 1. The number of nitrogens with two attached hydrogens (primary N) is 1. The average Bonchev–Trinajstić information content (AvgIpc) is 3.27. The summed E-state index contributed by atoms with van der Waals surface area (Å²) < 4.78 is 0. The third-order valence-corrected chi connectivity index (χ3v) is 7.43. The van der Waals surface area contributed by atoms with Gasteiger partial charge in [0.2, 0.25) is 11.8 Å². The lowest BCUT2D eigenvalue weighted by Crippen LogP contribution is -2.49. The first-order chi connectivity index (χ1) is 12.4. The Morgan fingerprint density at radius 1 is 1.15 bits per heavy atom. The van der Waals surface area contributed by atoms with Crippen LogP contribution in [0.3, 0.4) is 0 Å². The number of nitrogens with one attached hydrogen (secondary N) is 1. The van der Waals surface area contributed by atoms with Crippen LogP contribution in [-0.4, -0.2) is 42.4 Å². The van der Waals surface area contributed by atoms with Crippen molar-refractivity contribution >= 4 is 11.8 Å². The van der Waals surface area contributed by atoms with Crippen molar-refractivity contribution in [2.45, 2.75) is 52.0 Å². The van der Waals surface area contributed by atoms with Crippen LogP contribution in [0.5, 0.6) is 0 Å². The SMILES string of the molecule is CC(C)CCN1CCC(NC(=O)C2C(C(N)=O)[C@@H]3C=C[C@H]2C32CC2)CC1. The number of likely N-dealkylation sites (tertiary alicyclic amines) is 1. The number of allylic oxidation sites excluding steroid dienone is 2. The number of rotatable bonds is 6. The molecule has 5 heteroatoms. The highest BCUT2D eigenvalue weighted by Crippen LogP contribution is 2.71. The quantitative estimate of drug-likeness (QED) is 0.712. The molecule has 0 aromatic carbocycles. The minimum absolute atomic E-state index is 0.0672. The molecule has 0 aromatic rings. The first-order valence-corrected chi connectivity index (χ1v) is 10.4. The Morgan fingerprint density at radius 3 is 2.31 bits per heavy atom. The van der Waals surface area contributed by atoms with Crippen molar-refractivity contribution in [2.75, 3.05) is 19.6 Å². The summed E-state index contributed by atoms with van der Waals surface area (Å²) in [4.78, 5) is 27.7. The van der Waals surface area contributed by atoms with Crippen molar-refractivity contribution < 1.29 is 9.59 Å². The second kappa shape index (κ2) is 6.66. The van der Waals surface area contributed by atoms with Crippen LogP contribution >= 0.6 is 0 Å². The molecule has 2 bridgehead atoms. The van der Waals surface area contributed by atoms with Crippen LogP contribution in [-0.2, 0) is 9.59 Å². The van der Waals surface area contributed by atoms with E-state index in [1.807, 2.05) is 0 Å². The van der Waals surface area contributed by atoms with Gasteiger partial charge in [0.05, 0.1) is 11.8 Å². The van der Waals surface area contributed by atoms with Gasteiger partial charge in [0.15, 0.2) is 0 Å². The molecule has 0 radical (unpaired) electrons. The number of nitrogens with zero attached hydrogens (tertiary/aromatic N) is 1. The van der Waals surface area contributed by atoms with Crippen molar-refractivity contribution in [3.8, 4) is 0 Å². The molecule has 4 atom stereocenters. The molecule has 144 valence electrons. The van der Waals surface area contributed by atoms with E-state index in [0.717, 1.165) is 51.2 Å². The molecule has 1 spiro atoms. The van der Waals surface area contributed by atoms with Crippen molar-refractivity contribution in [1.29, 1.82) is 0 Å². The number of hydrogen-bond donors (Lipinski definition) is 2. The van der Waals surface area contributed by atoms with Crippen LogP contribution in [0.1, 0.15) is 46.0 Å². The molecular formula is C21H33N3O2. The summed E-state index contributed by atoms with van der Waals surface area (Å²) in [5.74, 6) is 0.366. The highest BCUT2D eigenvalue weighted by Gasteiger charge is 2.69. The Balaban J connectivity index is 1.34. The lowest BCUT2D eigenvalue weighted by molar-refractivity contribution is -0.134. The van der Waals surface area contributed by atoms with Gasteiger partial charge in [-0.15, -0.1) is 0 Å². The lowest BCUT2D eigenvalue weighted by atomic mass is 9.81. The van der Waals surface area contributed by atoms with Gasteiger partial charge in [0.1, 0.15) is 0 Å². The lowest BCUT2D eigenvalue weighted by Gasteiger charge is -2.34. The van der Waals surface area contributed by atoms with Crippen LogP contribution in [0.2, 0.25) is 0 Å². The predicted molar refractivity (Wildman–Crippen MR) is 101 cm³/mol. The summed E-state index contributed by atoms with van der Waals surface area (Å²) in [6, 6.07) is 0.240. The third-order valence-electron chi connectivity index (χ3n) is 7.43. The number of carbonyl (C=O) groups is 2. The minimum atomic E-state index is -0.307. The van der Waals surface area contributed by atoms with Crippen molar-refractivity contribution in [3.05, 3.63) is 12.2 Å². The van der Waals surface area contributed by atoms with Crippen LogP contribution in [0.25, 0.3) is 0 Å². The van der Waals surface area contributed by atoms with Gasteiger partial charge in [-0.1, -0.05) is 26.0 Å². The van der Waals surface area contributed by atoms with E-state index in [1.165, 1.54) is 6.42 Å². The van der Waals surface area contributed by atoms with Gasteiger partial charge in [-0.3, -0.25) is 9.59 Å². The standard InChI is InChI=1S/C21H33N3O2/c1-13(2)5-10-24-11-6-14(7-12-24)23-20(26)18-16-4-3-15(17(18)19(22)25)21(16)8-9-21/h3-4,13-18H,5-12H2,1-2H3,(H2,22,25)(H,23,26)/t15-,16+,17?,18?/m0/s1. The number of piperidine rings is 1. The van der Waals surface area contributed by atoms with Gasteiger partial charge in [-0.25, -0.2) is 0 Å². The Hall–Kier alpha value is -1.36. The molecule has 3 aliphatic carbocycles. The molecule has 2 unspecified atom stereocenters. The van der Waals surface area contributed by atoms with Gasteiger partial charge in [0.25, 0.3) is 0 Å². The first kappa shape index (κ1) is 18.0. The summed E-state index contributed by atoms with van der Waals surface area (Å²) in [5.41, 5.74) is 5.89. The molecule has 1 saturated heterocycles. The van der Waals surface area contributed by atoms with Crippen LogP contribution in [0.4, 0.5) is 0 Å². The fourth-order valence-corrected chi connectivity index (χ4v) is 5.78. The summed E-state index contributed by atoms with van der Waals surface area (Å²) in [6.07, 6.45) is 9.87. The maximum absolute atomic E-state index is 13.1. The predicted octanol–water partition coefficient (Wildman–Crippen LogP) is 1.93. The monoisotopic (exact) mass is 359 g/mol. The fourth-order valence-electron chi connectivity index (χ4n) is 5.78. The maximum atomic E-state index is 13.1. The Kier molecular flexibility index (Phi) is 4.62. The normalized spacial score (nSPS) is 35.3. The van der Waals surface area contributed by atoms with E-state index in [4.69, 9.17) is 5.73 Å². The molecule has 1 heterocycles. The zero-order chi connectivity index (χ0) is 18.5. The Labute approximate surface area is 156 Å². The molecule has 3 fully saturated rings. The molecule has 0 aromatic heterocycles. The minimum Gasteiger partial charge on any atom is -0.369 e. The van der Waals surface area contributed by atoms with Gasteiger partial charge in [-0.05, 0) is 61.8 Å².